The molecule has 80 valence electrons. The van der Waals surface area contributed by atoms with Crippen LogP contribution in [0.15, 0.2) is 0 Å². The van der Waals surface area contributed by atoms with Gasteiger partial charge in [0.25, 0.3) is 0 Å². The fourth-order valence-electron chi connectivity index (χ4n) is 0.943. The van der Waals surface area contributed by atoms with Crippen molar-refractivity contribution in [3.8, 4) is 0 Å². The Kier molecular flexibility index (Phi) is 4.80. The highest BCUT2D eigenvalue weighted by Gasteiger charge is 2.35. The number of aliphatic hydroxyl groups is 4. The smallest absolute Gasteiger partial charge is 0.111 e. The van der Waals surface area contributed by atoms with Crippen LogP contribution in [-0.2, 0) is 4.74 Å². The van der Waals surface area contributed by atoms with Gasteiger partial charge in [-0.05, 0) is 13.8 Å². The lowest BCUT2D eigenvalue weighted by atomic mass is 9.94. The average Bonchev–Trinajstić information content (AvgIpc) is 2.03. The third kappa shape index (κ3) is 3.58. The van der Waals surface area contributed by atoms with E-state index in [1.165, 1.54) is 21.0 Å². The van der Waals surface area contributed by atoms with Crippen LogP contribution in [0.4, 0.5) is 0 Å². The second kappa shape index (κ2) is 4.88. The molecule has 0 heterocycles. The van der Waals surface area contributed by atoms with E-state index < -0.39 is 30.5 Å². The van der Waals surface area contributed by atoms with Crippen molar-refractivity contribution in [2.24, 2.45) is 0 Å². The number of methoxy groups -OCH3 is 1. The molecule has 0 aliphatic rings. The summed E-state index contributed by atoms with van der Waals surface area (Å²) in [7, 11) is 1.31. The van der Waals surface area contributed by atoms with Crippen molar-refractivity contribution in [3.63, 3.8) is 0 Å². The fraction of sp³-hybridized carbons (Fsp3) is 1.00. The van der Waals surface area contributed by atoms with Crippen LogP contribution in [0, 0.1) is 0 Å². The van der Waals surface area contributed by atoms with Crippen molar-refractivity contribution in [2.45, 2.75) is 37.8 Å². The van der Waals surface area contributed by atoms with Gasteiger partial charge in [-0.3, -0.25) is 0 Å². The standard InChI is InChI=1S/C8H18O5/c1-8(2,12)7(11)6(10)5(4-9)13-3/h5-7,9-12H,4H2,1-3H3/t5?,6-,7?/m1/s1. The molecule has 0 amide bonds. The summed E-state index contributed by atoms with van der Waals surface area (Å²) in [6.45, 7) is 2.32. The Balaban J connectivity index is 4.31. The van der Waals surface area contributed by atoms with E-state index >= 15 is 0 Å². The van der Waals surface area contributed by atoms with E-state index in [9.17, 15) is 15.3 Å². The Morgan fingerprint density at radius 2 is 1.77 bits per heavy atom. The Morgan fingerprint density at radius 3 is 2.00 bits per heavy atom. The van der Waals surface area contributed by atoms with Gasteiger partial charge in [0.05, 0.1) is 12.2 Å². The molecular formula is C8H18O5. The Bertz CT molecular complexity index is 138. The molecule has 0 aliphatic carbocycles. The molecule has 5 heteroatoms. The SMILES string of the molecule is COC(CO)[C@@H](O)C(O)C(C)(C)O. The molecule has 13 heavy (non-hydrogen) atoms. The highest BCUT2D eigenvalue weighted by Crippen LogP contribution is 2.15. The first-order valence-corrected chi connectivity index (χ1v) is 4.06. The van der Waals surface area contributed by atoms with Gasteiger partial charge in [-0.1, -0.05) is 0 Å². The zero-order valence-electron chi connectivity index (χ0n) is 8.14. The number of ether oxygens (including phenoxy) is 1. The zero-order valence-corrected chi connectivity index (χ0v) is 8.14. The molecular weight excluding hydrogens is 176 g/mol. The predicted molar refractivity (Wildman–Crippen MR) is 46.2 cm³/mol. The number of hydrogen-bond acceptors (Lipinski definition) is 5. The van der Waals surface area contributed by atoms with Gasteiger partial charge in [0, 0.05) is 7.11 Å². The van der Waals surface area contributed by atoms with Crippen LogP contribution in [0.1, 0.15) is 13.8 Å². The summed E-state index contributed by atoms with van der Waals surface area (Å²) in [6.07, 6.45) is -3.55. The number of aliphatic hydroxyl groups excluding tert-OH is 3. The third-order valence-corrected chi connectivity index (χ3v) is 1.91. The van der Waals surface area contributed by atoms with E-state index in [0.717, 1.165) is 0 Å². The normalized spacial score (nSPS) is 19.6. The molecule has 0 bridgehead atoms. The monoisotopic (exact) mass is 194 g/mol. The maximum Gasteiger partial charge on any atom is 0.111 e. The lowest BCUT2D eigenvalue weighted by molar-refractivity contribution is -0.151. The second-order valence-electron chi connectivity index (χ2n) is 3.55. The maximum atomic E-state index is 9.42. The molecule has 4 N–H and O–H groups in total. The minimum absolute atomic E-state index is 0.412. The first kappa shape index (κ1) is 12.8. The number of hydrogen-bond donors (Lipinski definition) is 4. The van der Waals surface area contributed by atoms with Gasteiger partial charge in [0.15, 0.2) is 0 Å². The van der Waals surface area contributed by atoms with Gasteiger partial charge in [-0.2, -0.15) is 0 Å². The van der Waals surface area contributed by atoms with Crippen LogP contribution in [0.5, 0.6) is 0 Å². The van der Waals surface area contributed by atoms with Crippen molar-refractivity contribution in [1.82, 2.24) is 0 Å². The molecule has 0 spiro atoms. The Hall–Kier alpha value is -0.200. The summed E-state index contributed by atoms with van der Waals surface area (Å²) >= 11 is 0. The van der Waals surface area contributed by atoms with E-state index in [-0.39, 0.29) is 0 Å². The highest BCUT2D eigenvalue weighted by atomic mass is 16.5. The summed E-state index contributed by atoms with van der Waals surface area (Å²) in [6, 6.07) is 0. The lowest BCUT2D eigenvalue weighted by Gasteiger charge is -2.31. The van der Waals surface area contributed by atoms with Gasteiger partial charge in [0.2, 0.25) is 0 Å². The summed E-state index contributed by atoms with van der Waals surface area (Å²) in [5.74, 6) is 0. The Labute approximate surface area is 77.6 Å². The van der Waals surface area contributed by atoms with E-state index in [1.54, 1.807) is 0 Å². The summed E-state index contributed by atoms with van der Waals surface area (Å²) in [5.41, 5.74) is -1.43. The van der Waals surface area contributed by atoms with Crippen molar-refractivity contribution in [2.75, 3.05) is 13.7 Å². The number of rotatable bonds is 5. The third-order valence-electron chi connectivity index (χ3n) is 1.91. The van der Waals surface area contributed by atoms with Crippen LogP contribution < -0.4 is 0 Å². The summed E-state index contributed by atoms with van der Waals surface area (Å²) in [4.78, 5) is 0. The van der Waals surface area contributed by atoms with Gasteiger partial charge in [0.1, 0.15) is 18.3 Å². The van der Waals surface area contributed by atoms with Gasteiger partial charge < -0.3 is 25.2 Å². The van der Waals surface area contributed by atoms with E-state index in [2.05, 4.69) is 0 Å². The molecule has 3 atom stereocenters. The molecule has 0 aliphatic heterocycles. The molecule has 0 radical (unpaired) electrons. The van der Waals surface area contributed by atoms with E-state index in [1.807, 2.05) is 0 Å². The van der Waals surface area contributed by atoms with Crippen LogP contribution in [0.25, 0.3) is 0 Å². The Morgan fingerprint density at radius 1 is 1.31 bits per heavy atom. The first-order chi connectivity index (χ1) is 5.84. The molecule has 0 aromatic heterocycles. The molecule has 0 aromatic carbocycles. The zero-order chi connectivity index (χ0) is 10.6. The van der Waals surface area contributed by atoms with E-state index in [0.29, 0.717) is 0 Å². The quantitative estimate of drug-likeness (QED) is 0.427. The largest absolute Gasteiger partial charge is 0.394 e. The molecule has 0 aromatic rings. The summed E-state index contributed by atoms with van der Waals surface area (Å²) in [5, 5.41) is 36.9. The van der Waals surface area contributed by atoms with Crippen LogP contribution in [0.3, 0.4) is 0 Å². The van der Waals surface area contributed by atoms with Gasteiger partial charge in [-0.25, -0.2) is 0 Å². The average molecular weight is 194 g/mol. The minimum atomic E-state index is -1.43. The second-order valence-corrected chi connectivity index (χ2v) is 3.55. The van der Waals surface area contributed by atoms with Gasteiger partial charge >= 0.3 is 0 Å². The topological polar surface area (TPSA) is 90.2 Å². The van der Waals surface area contributed by atoms with Crippen molar-refractivity contribution in [3.05, 3.63) is 0 Å². The first-order valence-electron chi connectivity index (χ1n) is 4.06. The molecule has 0 saturated heterocycles. The minimum Gasteiger partial charge on any atom is -0.394 e. The van der Waals surface area contributed by atoms with Crippen molar-refractivity contribution >= 4 is 0 Å². The van der Waals surface area contributed by atoms with Gasteiger partial charge in [-0.15, -0.1) is 0 Å². The molecule has 0 fully saturated rings. The molecule has 0 rings (SSSR count). The van der Waals surface area contributed by atoms with Crippen molar-refractivity contribution < 1.29 is 25.2 Å². The molecule has 2 unspecified atom stereocenters. The summed E-state index contributed by atoms with van der Waals surface area (Å²) < 4.78 is 4.71. The van der Waals surface area contributed by atoms with Crippen molar-refractivity contribution in [1.29, 1.82) is 0 Å². The van der Waals surface area contributed by atoms with Crippen LogP contribution >= 0.6 is 0 Å². The van der Waals surface area contributed by atoms with Crippen LogP contribution in [0.2, 0.25) is 0 Å². The predicted octanol–water partition coefficient (Wildman–Crippen LogP) is -1.51. The van der Waals surface area contributed by atoms with Crippen LogP contribution in [-0.4, -0.2) is 58.1 Å². The molecule has 5 nitrogen and oxygen atoms in total. The lowest BCUT2D eigenvalue weighted by Crippen LogP contribution is -2.51. The highest BCUT2D eigenvalue weighted by molar-refractivity contribution is 4.86. The van der Waals surface area contributed by atoms with E-state index in [4.69, 9.17) is 9.84 Å². The fourth-order valence-corrected chi connectivity index (χ4v) is 0.943. The maximum absolute atomic E-state index is 9.42. The molecule has 0 saturated carbocycles.